The minimum Gasteiger partial charge on any atom is -0.451 e. The minimum atomic E-state index is -0.764. The van der Waals surface area contributed by atoms with Gasteiger partial charge >= 0.3 is 6.09 Å². The van der Waals surface area contributed by atoms with Crippen LogP contribution in [0.25, 0.3) is 0 Å². The molecule has 0 saturated heterocycles. The van der Waals surface area contributed by atoms with Gasteiger partial charge in [0.05, 0.1) is 7.11 Å². The number of nitrogens with two attached hydrogens (primary N) is 2. The maximum absolute atomic E-state index is 9.97. The van der Waals surface area contributed by atoms with Crippen LogP contribution in [0.5, 0.6) is 0 Å². The van der Waals surface area contributed by atoms with Gasteiger partial charge in [-0.1, -0.05) is 0 Å². The zero-order chi connectivity index (χ0) is 5.86. The van der Waals surface area contributed by atoms with Crippen molar-refractivity contribution in [3.05, 3.63) is 0 Å². The van der Waals surface area contributed by atoms with Gasteiger partial charge in [-0.2, -0.15) is 5.12 Å². The fourth-order valence-electron chi connectivity index (χ4n) is 0.105. The van der Waals surface area contributed by atoms with E-state index in [1.165, 1.54) is 7.11 Å². The number of methoxy groups -OCH3 is 1. The van der Waals surface area contributed by atoms with Crippen molar-refractivity contribution in [3.63, 3.8) is 0 Å². The topological polar surface area (TPSA) is 81.6 Å². The van der Waals surface area contributed by atoms with Crippen molar-refractivity contribution in [2.45, 2.75) is 0 Å². The van der Waals surface area contributed by atoms with E-state index in [0.29, 0.717) is 5.12 Å². The lowest BCUT2D eigenvalue weighted by Gasteiger charge is -2.04. The minimum absolute atomic E-state index is 0.361. The summed E-state index contributed by atoms with van der Waals surface area (Å²) in [5.74, 6) is 9.37. The second kappa shape index (κ2) is 2.38. The van der Waals surface area contributed by atoms with Crippen LogP contribution in [0.3, 0.4) is 0 Å². The fraction of sp³-hybridized carbons (Fsp3) is 0.500. The van der Waals surface area contributed by atoms with Crippen LogP contribution in [0, 0.1) is 0 Å². The van der Waals surface area contributed by atoms with Crippen LogP contribution < -0.4 is 11.7 Å². The van der Waals surface area contributed by atoms with E-state index in [2.05, 4.69) is 16.4 Å². The average molecular weight is 105 g/mol. The van der Waals surface area contributed by atoms with E-state index in [1.54, 1.807) is 0 Å². The number of carbonyl (C=O) groups is 1. The predicted molar refractivity (Wildman–Crippen MR) is 22.6 cm³/mol. The highest BCUT2D eigenvalue weighted by Crippen LogP contribution is 1.71. The Morgan fingerprint density at radius 1 is 1.71 bits per heavy atom. The third-order valence-corrected chi connectivity index (χ3v) is 0.385. The normalized spacial score (nSPS) is 7.86. The Labute approximate surface area is 40.8 Å². The van der Waals surface area contributed by atoms with Gasteiger partial charge in [0.2, 0.25) is 0 Å². The van der Waals surface area contributed by atoms with Crippen LogP contribution in [0.1, 0.15) is 0 Å². The number of rotatable bonds is 0. The second-order valence-electron chi connectivity index (χ2n) is 0.877. The SMILES string of the molecule is COC(=O)N(N)N. The second-order valence-corrected chi connectivity index (χ2v) is 0.877. The summed E-state index contributed by atoms with van der Waals surface area (Å²) in [5.41, 5.74) is 0. The van der Waals surface area contributed by atoms with Gasteiger partial charge in [-0.3, -0.25) is 0 Å². The number of ether oxygens (including phenoxy) is 1. The van der Waals surface area contributed by atoms with Crippen molar-refractivity contribution in [2.24, 2.45) is 11.7 Å². The maximum Gasteiger partial charge on any atom is 0.438 e. The first-order valence-electron chi connectivity index (χ1n) is 1.56. The van der Waals surface area contributed by atoms with Crippen molar-refractivity contribution in [1.29, 1.82) is 0 Å². The fourth-order valence-corrected chi connectivity index (χ4v) is 0.105. The molecule has 0 atom stereocenters. The lowest BCUT2D eigenvalue weighted by molar-refractivity contribution is 0.124. The van der Waals surface area contributed by atoms with E-state index in [-0.39, 0.29) is 0 Å². The molecular formula is C2H7N3O2. The van der Waals surface area contributed by atoms with Crippen LogP contribution in [-0.4, -0.2) is 18.3 Å². The molecule has 0 heterocycles. The van der Waals surface area contributed by atoms with Crippen molar-refractivity contribution in [2.75, 3.05) is 7.11 Å². The van der Waals surface area contributed by atoms with Gasteiger partial charge in [0, 0.05) is 0 Å². The van der Waals surface area contributed by atoms with Gasteiger partial charge in [0.25, 0.3) is 0 Å². The summed E-state index contributed by atoms with van der Waals surface area (Å²) in [6.45, 7) is 0. The summed E-state index contributed by atoms with van der Waals surface area (Å²) >= 11 is 0. The molecule has 5 heteroatoms. The van der Waals surface area contributed by atoms with Gasteiger partial charge in [-0.05, 0) is 0 Å². The van der Waals surface area contributed by atoms with Gasteiger partial charge in [-0.25, -0.2) is 16.5 Å². The first-order chi connectivity index (χ1) is 3.18. The van der Waals surface area contributed by atoms with Gasteiger partial charge in [0.15, 0.2) is 0 Å². The number of amides is 1. The molecule has 0 spiro atoms. The zero-order valence-corrected chi connectivity index (χ0v) is 3.92. The van der Waals surface area contributed by atoms with Crippen LogP contribution in [0.2, 0.25) is 0 Å². The Hall–Kier alpha value is -0.810. The zero-order valence-electron chi connectivity index (χ0n) is 3.92. The molecule has 0 bridgehead atoms. The molecule has 0 saturated carbocycles. The number of hydrazine groups is 2. The molecule has 5 nitrogen and oxygen atoms in total. The summed E-state index contributed by atoms with van der Waals surface area (Å²) in [6, 6.07) is 0. The molecule has 0 aliphatic carbocycles. The van der Waals surface area contributed by atoms with Crippen LogP contribution in [0.4, 0.5) is 4.79 Å². The molecule has 0 unspecified atom stereocenters. The van der Waals surface area contributed by atoms with E-state index in [9.17, 15) is 4.79 Å². The molecule has 0 fully saturated rings. The highest BCUT2D eigenvalue weighted by Gasteiger charge is 1.99. The van der Waals surface area contributed by atoms with Crippen molar-refractivity contribution >= 4 is 6.09 Å². The van der Waals surface area contributed by atoms with Gasteiger partial charge < -0.3 is 4.74 Å². The van der Waals surface area contributed by atoms with Gasteiger partial charge in [-0.15, -0.1) is 0 Å². The molecule has 0 aliphatic heterocycles. The van der Waals surface area contributed by atoms with E-state index in [1.807, 2.05) is 0 Å². The predicted octanol–water partition coefficient (Wildman–Crippen LogP) is -1.20. The summed E-state index contributed by atoms with van der Waals surface area (Å²) in [4.78, 5) is 9.97. The molecule has 7 heavy (non-hydrogen) atoms. The molecule has 0 aromatic rings. The molecule has 42 valence electrons. The van der Waals surface area contributed by atoms with E-state index >= 15 is 0 Å². The van der Waals surface area contributed by atoms with E-state index in [4.69, 9.17) is 0 Å². The van der Waals surface area contributed by atoms with Crippen molar-refractivity contribution in [1.82, 2.24) is 5.12 Å². The number of hydrogen-bond donors (Lipinski definition) is 2. The Morgan fingerprint density at radius 3 is 2.14 bits per heavy atom. The number of hydrogen-bond acceptors (Lipinski definition) is 4. The van der Waals surface area contributed by atoms with Crippen LogP contribution in [0.15, 0.2) is 0 Å². The Kier molecular flexibility index (Phi) is 2.10. The van der Waals surface area contributed by atoms with E-state index in [0.717, 1.165) is 0 Å². The first kappa shape index (κ1) is 6.19. The molecular weight excluding hydrogens is 98.0 g/mol. The van der Waals surface area contributed by atoms with E-state index < -0.39 is 6.09 Å². The monoisotopic (exact) mass is 105 g/mol. The average Bonchev–Trinajstić information content (AvgIpc) is 1.65. The number of carbonyl (C=O) groups excluding carboxylic acids is 1. The smallest absolute Gasteiger partial charge is 0.438 e. The molecule has 1 amide bonds. The molecule has 0 aliphatic rings. The highest BCUT2D eigenvalue weighted by molar-refractivity contribution is 5.65. The molecule has 0 aromatic carbocycles. The summed E-state index contributed by atoms with van der Waals surface area (Å²) in [5, 5.41) is 0.361. The lowest BCUT2D eigenvalue weighted by atomic mass is 11.2. The van der Waals surface area contributed by atoms with Crippen LogP contribution in [-0.2, 0) is 4.74 Å². The van der Waals surface area contributed by atoms with Crippen LogP contribution >= 0.6 is 0 Å². The number of nitrogens with zero attached hydrogens (tertiary/aromatic N) is 1. The molecule has 0 rings (SSSR count). The van der Waals surface area contributed by atoms with Crippen molar-refractivity contribution in [3.8, 4) is 0 Å². The lowest BCUT2D eigenvalue weighted by Crippen LogP contribution is -2.43. The summed E-state index contributed by atoms with van der Waals surface area (Å²) in [6.07, 6.45) is -0.764. The summed E-state index contributed by atoms with van der Waals surface area (Å²) in [7, 11) is 1.19. The Bertz CT molecular complexity index is 71.3. The Balaban J connectivity index is 3.35. The van der Waals surface area contributed by atoms with Crippen molar-refractivity contribution < 1.29 is 9.53 Å². The third-order valence-electron chi connectivity index (χ3n) is 0.385. The third kappa shape index (κ3) is 1.96. The maximum atomic E-state index is 9.97. The molecule has 4 N–H and O–H groups in total. The molecule has 0 radical (unpaired) electrons. The first-order valence-corrected chi connectivity index (χ1v) is 1.56. The quantitative estimate of drug-likeness (QED) is 0.230. The van der Waals surface area contributed by atoms with Gasteiger partial charge in [0.1, 0.15) is 0 Å². The summed E-state index contributed by atoms with van der Waals surface area (Å²) < 4.78 is 4.05. The largest absolute Gasteiger partial charge is 0.451 e. The highest BCUT2D eigenvalue weighted by atomic mass is 16.5. The standard InChI is InChI=1S/C2H7N3O2/c1-7-2(6)5(3)4/h3-4H2,1H3. The Morgan fingerprint density at radius 2 is 2.14 bits per heavy atom. The molecule has 0 aromatic heterocycles.